The van der Waals surface area contributed by atoms with Gasteiger partial charge < -0.3 is 30.5 Å². The molecular formula is C30H43N3O6. The van der Waals surface area contributed by atoms with Crippen LogP contribution in [0.25, 0.3) is 0 Å². The average Bonchev–Trinajstić information content (AvgIpc) is 2.85. The lowest BCUT2D eigenvalue weighted by Gasteiger charge is -2.34. The molecule has 2 aromatic carbocycles. The number of aliphatic hydroxyl groups is 1. The average molecular weight is 542 g/mol. The van der Waals surface area contributed by atoms with Crippen LogP contribution in [0.5, 0.6) is 5.75 Å². The van der Waals surface area contributed by atoms with Crippen molar-refractivity contribution in [1.29, 1.82) is 0 Å². The van der Waals surface area contributed by atoms with Crippen molar-refractivity contribution in [2.75, 3.05) is 18.5 Å². The number of phenolic OH excluding ortho intramolecular Hbond substituents is 1. The number of hydrogen-bond donors (Lipinski definition) is 4. The molecule has 0 bridgehead atoms. The summed E-state index contributed by atoms with van der Waals surface area (Å²) in [6.07, 6.45) is 1.37. The summed E-state index contributed by atoms with van der Waals surface area (Å²) in [4.78, 5) is 41.7. The number of carbonyl (C=O) groups excluding carboxylic acids is 3. The molecule has 0 spiro atoms. The first-order valence-corrected chi connectivity index (χ1v) is 13.4. The van der Waals surface area contributed by atoms with Gasteiger partial charge in [-0.3, -0.25) is 9.59 Å². The van der Waals surface area contributed by atoms with E-state index in [0.717, 1.165) is 24.0 Å². The van der Waals surface area contributed by atoms with Crippen LogP contribution in [-0.4, -0.2) is 57.8 Å². The number of carbonyl (C=O) groups is 3. The largest absolute Gasteiger partial charge is 0.507 e. The van der Waals surface area contributed by atoms with Crippen LogP contribution in [0.4, 0.5) is 10.5 Å². The number of para-hydroxylation sites is 2. The minimum absolute atomic E-state index is 0.104. The van der Waals surface area contributed by atoms with E-state index in [1.165, 1.54) is 4.90 Å². The Morgan fingerprint density at radius 3 is 2.13 bits per heavy atom. The Morgan fingerprint density at radius 2 is 1.56 bits per heavy atom. The molecule has 9 nitrogen and oxygen atoms in total. The van der Waals surface area contributed by atoms with E-state index in [4.69, 9.17) is 4.74 Å². The number of nitrogens with zero attached hydrogens (tertiary/aromatic N) is 1. The Hall–Kier alpha value is -3.59. The van der Waals surface area contributed by atoms with Gasteiger partial charge in [-0.25, -0.2) is 4.79 Å². The molecule has 2 unspecified atom stereocenters. The number of rotatable bonds is 11. The van der Waals surface area contributed by atoms with E-state index in [1.54, 1.807) is 45.9 Å². The third-order valence-corrected chi connectivity index (χ3v) is 6.31. The summed E-state index contributed by atoms with van der Waals surface area (Å²) in [5.41, 5.74) is 2.29. The number of unbranched alkanes of at least 4 members (excludes halogenated alkanes) is 2. The number of ether oxygens (including phenoxy) is 1. The van der Waals surface area contributed by atoms with Gasteiger partial charge in [-0.05, 0) is 64.7 Å². The highest BCUT2D eigenvalue weighted by molar-refractivity contribution is 6.00. The smallest absolute Gasteiger partial charge is 0.408 e. The highest BCUT2D eigenvalue weighted by Crippen LogP contribution is 2.34. The molecule has 0 aliphatic heterocycles. The summed E-state index contributed by atoms with van der Waals surface area (Å²) < 4.78 is 5.28. The van der Waals surface area contributed by atoms with Crippen molar-refractivity contribution in [3.63, 3.8) is 0 Å². The van der Waals surface area contributed by atoms with E-state index in [-0.39, 0.29) is 17.9 Å². The van der Waals surface area contributed by atoms with Crippen LogP contribution >= 0.6 is 0 Å². The zero-order chi connectivity index (χ0) is 29.3. The van der Waals surface area contributed by atoms with Gasteiger partial charge in [-0.15, -0.1) is 0 Å². The summed E-state index contributed by atoms with van der Waals surface area (Å²) in [5, 5.41) is 26.5. The highest BCUT2D eigenvalue weighted by atomic mass is 16.6. The number of phenols is 1. The second-order valence-electron chi connectivity index (χ2n) is 10.8. The zero-order valence-corrected chi connectivity index (χ0v) is 24.1. The third-order valence-electron chi connectivity index (χ3n) is 6.31. The van der Waals surface area contributed by atoms with Crippen LogP contribution in [-0.2, 0) is 14.3 Å². The van der Waals surface area contributed by atoms with E-state index in [9.17, 15) is 24.6 Å². The van der Waals surface area contributed by atoms with Gasteiger partial charge in [0.1, 0.15) is 23.4 Å². The molecule has 2 atom stereocenters. The van der Waals surface area contributed by atoms with E-state index in [1.807, 2.05) is 39.0 Å². The normalized spacial score (nSPS) is 12.8. The highest BCUT2D eigenvalue weighted by Gasteiger charge is 2.37. The van der Waals surface area contributed by atoms with Crippen molar-refractivity contribution in [2.24, 2.45) is 0 Å². The molecule has 0 fully saturated rings. The van der Waals surface area contributed by atoms with Crippen LogP contribution in [0, 0.1) is 20.8 Å². The lowest BCUT2D eigenvalue weighted by molar-refractivity contribution is -0.141. The lowest BCUT2D eigenvalue weighted by atomic mass is 9.98. The number of aromatic hydroxyl groups is 1. The van der Waals surface area contributed by atoms with Crippen molar-refractivity contribution >= 4 is 23.6 Å². The quantitative estimate of drug-likeness (QED) is 0.300. The summed E-state index contributed by atoms with van der Waals surface area (Å²) in [5.74, 6) is -1.29. The van der Waals surface area contributed by atoms with Gasteiger partial charge in [0, 0.05) is 17.8 Å². The predicted molar refractivity (Wildman–Crippen MR) is 152 cm³/mol. The van der Waals surface area contributed by atoms with Gasteiger partial charge in [-0.2, -0.15) is 0 Å². The summed E-state index contributed by atoms with van der Waals surface area (Å²) >= 11 is 0. The maximum absolute atomic E-state index is 14.0. The first-order chi connectivity index (χ1) is 18.3. The topological polar surface area (TPSA) is 128 Å². The minimum atomic E-state index is -1.36. The lowest BCUT2D eigenvalue weighted by Crippen LogP contribution is -2.54. The number of alkyl carbamates (subject to hydrolysis) is 1. The fraction of sp³-hybridized carbons (Fsp3) is 0.500. The van der Waals surface area contributed by atoms with Crippen LogP contribution < -0.4 is 10.6 Å². The predicted octanol–water partition coefficient (Wildman–Crippen LogP) is 4.90. The van der Waals surface area contributed by atoms with E-state index >= 15 is 0 Å². The molecule has 4 N–H and O–H groups in total. The number of amides is 3. The fourth-order valence-corrected chi connectivity index (χ4v) is 4.29. The first-order valence-electron chi connectivity index (χ1n) is 13.4. The third kappa shape index (κ3) is 8.71. The molecule has 0 radical (unpaired) electrons. The van der Waals surface area contributed by atoms with Gasteiger partial charge in [0.25, 0.3) is 5.91 Å². The standard InChI is InChI=1S/C30H43N3O6/c1-8-9-10-17-33(28(37)23(18-34)31-29(38)39-30(5,6)7)25(22-16-12-15-21(4)26(22)35)27(36)32-24-19(2)13-11-14-20(24)3/h11-16,23,25,34-35H,8-10,17-18H2,1-7H3,(H,31,38)(H,32,36). The Balaban J connectivity index is 2.58. The summed E-state index contributed by atoms with van der Waals surface area (Å²) in [6.45, 7) is 12.0. The van der Waals surface area contributed by atoms with Crippen LogP contribution in [0.2, 0.25) is 0 Å². The molecule has 2 aromatic rings. The Bertz CT molecular complexity index is 1140. The number of benzene rings is 2. The number of aliphatic hydroxyl groups excluding tert-OH is 1. The van der Waals surface area contributed by atoms with Crippen molar-refractivity contribution in [3.8, 4) is 5.75 Å². The maximum Gasteiger partial charge on any atom is 0.408 e. The Morgan fingerprint density at radius 1 is 0.974 bits per heavy atom. The summed E-state index contributed by atoms with van der Waals surface area (Å²) in [7, 11) is 0. The number of hydrogen-bond acceptors (Lipinski definition) is 6. The number of aryl methyl sites for hydroxylation is 3. The van der Waals surface area contributed by atoms with Gasteiger partial charge in [0.15, 0.2) is 0 Å². The zero-order valence-electron chi connectivity index (χ0n) is 24.1. The SMILES string of the molecule is CCCCCN(C(=O)C(CO)NC(=O)OC(C)(C)C)C(C(=O)Nc1c(C)cccc1C)c1cccc(C)c1O. The van der Waals surface area contributed by atoms with Crippen molar-refractivity contribution in [3.05, 3.63) is 58.7 Å². The molecular weight excluding hydrogens is 498 g/mol. The van der Waals surface area contributed by atoms with Gasteiger partial charge in [0.05, 0.1) is 6.61 Å². The van der Waals surface area contributed by atoms with E-state index in [0.29, 0.717) is 17.7 Å². The van der Waals surface area contributed by atoms with Gasteiger partial charge in [-0.1, -0.05) is 56.2 Å². The van der Waals surface area contributed by atoms with Crippen molar-refractivity contribution in [1.82, 2.24) is 10.2 Å². The monoisotopic (exact) mass is 541 g/mol. The Kier molecular flexibility index (Phi) is 11.3. The second-order valence-corrected chi connectivity index (χ2v) is 10.8. The minimum Gasteiger partial charge on any atom is -0.507 e. The second kappa shape index (κ2) is 14.0. The molecule has 0 heterocycles. The van der Waals surface area contributed by atoms with E-state index in [2.05, 4.69) is 10.6 Å². The molecule has 39 heavy (non-hydrogen) atoms. The van der Waals surface area contributed by atoms with E-state index < -0.39 is 42.2 Å². The molecule has 0 aromatic heterocycles. The van der Waals surface area contributed by atoms with Crippen molar-refractivity contribution in [2.45, 2.75) is 85.4 Å². The molecule has 0 aliphatic carbocycles. The van der Waals surface area contributed by atoms with Crippen LogP contribution in [0.15, 0.2) is 36.4 Å². The number of nitrogens with one attached hydrogen (secondary N) is 2. The molecule has 214 valence electrons. The number of anilines is 1. The molecule has 0 aliphatic rings. The summed E-state index contributed by atoms with van der Waals surface area (Å²) in [6, 6.07) is 8.07. The molecule has 3 amide bonds. The van der Waals surface area contributed by atoms with Gasteiger partial charge in [0.2, 0.25) is 5.91 Å². The Labute approximate surface area is 231 Å². The molecule has 9 heteroatoms. The molecule has 0 saturated heterocycles. The fourth-order valence-electron chi connectivity index (χ4n) is 4.29. The molecule has 0 saturated carbocycles. The first kappa shape index (κ1) is 31.6. The van der Waals surface area contributed by atoms with Gasteiger partial charge >= 0.3 is 6.09 Å². The van der Waals surface area contributed by atoms with Crippen LogP contribution in [0.1, 0.15) is 75.3 Å². The van der Waals surface area contributed by atoms with Crippen LogP contribution in [0.3, 0.4) is 0 Å². The maximum atomic E-state index is 14.0. The molecule has 2 rings (SSSR count). The van der Waals surface area contributed by atoms with Crippen molar-refractivity contribution < 1.29 is 29.3 Å².